The first-order chi connectivity index (χ1) is 14.7. The number of ether oxygens (including phenoxy) is 1. The number of hydrogen-bond acceptors (Lipinski definition) is 5. The molecule has 0 saturated carbocycles. The summed E-state index contributed by atoms with van der Waals surface area (Å²) in [4.78, 5) is 23.9. The van der Waals surface area contributed by atoms with Gasteiger partial charge in [-0.15, -0.1) is 0 Å². The van der Waals surface area contributed by atoms with E-state index in [1.54, 1.807) is 19.5 Å². The number of hydrogen-bond donors (Lipinski definition) is 0. The van der Waals surface area contributed by atoms with Crippen molar-refractivity contribution >= 4 is 5.91 Å². The van der Waals surface area contributed by atoms with E-state index in [1.807, 2.05) is 46.9 Å². The van der Waals surface area contributed by atoms with Gasteiger partial charge in [0.15, 0.2) is 0 Å². The molecule has 1 aliphatic heterocycles. The van der Waals surface area contributed by atoms with E-state index in [4.69, 9.17) is 9.15 Å². The molecule has 0 aliphatic carbocycles. The number of carbonyl (C=O) groups is 1. The lowest BCUT2D eigenvalue weighted by Crippen LogP contribution is -2.40. The zero-order valence-electron chi connectivity index (χ0n) is 17.6. The van der Waals surface area contributed by atoms with Gasteiger partial charge in [-0.05, 0) is 25.3 Å². The number of amides is 1. The average molecular weight is 409 g/mol. The van der Waals surface area contributed by atoms with Crippen LogP contribution in [0.1, 0.15) is 55.3 Å². The van der Waals surface area contributed by atoms with E-state index in [1.165, 1.54) is 0 Å². The standard InChI is InChI=1S/C23H28N4O3/c1-3-21-24-11-13-26(21)16-22(28)27-12-7-6-9-19(27)23-25-15-18(30-23)14-17-8-4-5-10-20(17)29-2/h4-5,8,10-11,13,15,19H,3,6-7,9,12,14,16H2,1-2H3. The Hall–Kier alpha value is -3.09. The quantitative estimate of drug-likeness (QED) is 0.595. The van der Waals surface area contributed by atoms with Crippen molar-refractivity contribution in [1.82, 2.24) is 19.4 Å². The van der Waals surface area contributed by atoms with Crippen LogP contribution in [-0.4, -0.2) is 39.0 Å². The molecular formula is C23H28N4O3. The molecule has 0 N–H and O–H groups in total. The number of methoxy groups -OCH3 is 1. The SMILES string of the molecule is CCc1nccn1CC(=O)N1CCCCC1c1ncc(Cc2ccccc2OC)o1. The molecule has 1 aromatic carbocycles. The number of oxazole rings is 1. The second-order valence-corrected chi connectivity index (χ2v) is 7.58. The van der Waals surface area contributed by atoms with Crippen LogP contribution in [0.25, 0.3) is 0 Å². The Morgan fingerprint density at radius 2 is 2.13 bits per heavy atom. The zero-order chi connectivity index (χ0) is 20.9. The van der Waals surface area contributed by atoms with Gasteiger partial charge in [0.05, 0.1) is 13.3 Å². The van der Waals surface area contributed by atoms with E-state index in [9.17, 15) is 4.79 Å². The second kappa shape index (κ2) is 9.15. The first kappa shape index (κ1) is 20.2. The van der Waals surface area contributed by atoms with E-state index < -0.39 is 0 Å². The third kappa shape index (κ3) is 4.25. The molecule has 1 unspecified atom stereocenters. The summed E-state index contributed by atoms with van der Waals surface area (Å²) >= 11 is 0. The van der Waals surface area contributed by atoms with Gasteiger partial charge in [0.25, 0.3) is 0 Å². The molecule has 3 heterocycles. The van der Waals surface area contributed by atoms with Crippen LogP contribution in [0, 0.1) is 0 Å². The molecule has 1 atom stereocenters. The first-order valence-corrected chi connectivity index (χ1v) is 10.6. The number of aryl methyl sites for hydroxylation is 1. The zero-order valence-corrected chi connectivity index (χ0v) is 17.6. The monoisotopic (exact) mass is 408 g/mol. The molecule has 0 spiro atoms. The predicted octanol–water partition coefficient (Wildman–Crippen LogP) is 3.79. The first-order valence-electron chi connectivity index (χ1n) is 10.6. The molecule has 1 aliphatic rings. The number of benzene rings is 1. The molecule has 3 aromatic rings. The number of piperidine rings is 1. The Morgan fingerprint density at radius 3 is 2.97 bits per heavy atom. The third-order valence-electron chi connectivity index (χ3n) is 5.66. The third-order valence-corrected chi connectivity index (χ3v) is 5.66. The number of carbonyl (C=O) groups excluding carboxylic acids is 1. The van der Waals surface area contributed by atoms with Gasteiger partial charge in [-0.3, -0.25) is 4.79 Å². The highest BCUT2D eigenvalue weighted by atomic mass is 16.5. The van der Waals surface area contributed by atoms with E-state index in [2.05, 4.69) is 9.97 Å². The minimum atomic E-state index is -0.119. The summed E-state index contributed by atoms with van der Waals surface area (Å²) < 4.78 is 13.5. The van der Waals surface area contributed by atoms with Crippen molar-refractivity contribution in [3.8, 4) is 5.75 Å². The maximum absolute atomic E-state index is 13.1. The highest BCUT2D eigenvalue weighted by Crippen LogP contribution is 2.32. The van der Waals surface area contributed by atoms with E-state index >= 15 is 0 Å². The van der Waals surface area contributed by atoms with Crippen molar-refractivity contribution < 1.29 is 13.9 Å². The minimum Gasteiger partial charge on any atom is -0.496 e. The highest BCUT2D eigenvalue weighted by molar-refractivity contribution is 5.76. The van der Waals surface area contributed by atoms with Crippen LogP contribution in [0.15, 0.2) is 47.3 Å². The van der Waals surface area contributed by atoms with E-state index in [-0.39, 0.29) is 11.9 Å². The van der Waals surface area contributed by atoms with Crippen molar-refractivity contribution in [2.75, 3.05) is 13.7 Å². The molecule has 1 amide bonds. The van der Waals surface area contributed by atoms with Gasteiger partial charge in [0.2, 0.25) is 11.8 Å². The lowest BCUT2D eigenvalue weighted by molar-refractivity contribution is -0.136. The van der Waals surface area contributed by atoms with Crippen LogP contribution in [0.5, 0.6) is 5.75 Å². The Balaban J connectivity index is 1.50. The number of imidazole rings is 1. The molecule has 4 rings (SSSR count). The van der Waals surface area contributed by atoms with Crippen molar-refractivity contribution in [2.45, 2.75) is 51.6 Å². The molecule has 1 fully saturated rings. The van der Waals surface area contributed by atoms with Crippen LogP contribution in [0.4, 0.5) is 0 Å². The summed E-state index contributed by atoms with van der Waals surface area (Å²) in [5.41, 5.74) is 1.05. The number of likely N-dealkylation sites (tertiary alicyclic amines) is 1. The normalized spacial score (nSPS) is 16.6. The topological polar surface area (TPSA) is 73.4 Å². The van der Waals surface area contributed by atoms with Gasteiger partial charge in [-0.25, -0.2) is 9.97 Å². The summed E-state index contributed by atoms with van der Waals surface area (Å²) in [6.07, 6.45) is 9.72. The second-order valence-electron chi connectivity index (χ2n) is 7.58. The lowest BCUT2D eigenvalue weighted by Gasteiger charge is -2.34. The maximum atomic E-state index is 13.1. The van der Waals surface area contributed by atoms with E-state index in [0.29, 0.717) is 18.9 Å². The molecule has 2 aromatic heterocycles. The summed E-state index contributed by atoms with van der Waals surface area (Å²) in [6.45, 7) is 3.07. The smallest absolute Gasteiger partial charge is 0.243 e. The summed E-state index contributed by atoms with van der Waals surface area (Å²) in [5, 5.41) is 0. The van der Waals surface area contributed by atoms with E-state index in [0.717, 1.165) is 55.1 Å². The molecule has 0 bridgehead atoms. The number of para-hydroxylation sites is 1. The molecule has 30 heavy (non-hydrogen) atoms. The van der Waals surface area contributed by atoms with Gasteiger partial charge in [0.1, 0.15) is 29.9 Å². The van der Waals surface area contributed by atoms with Gasteiger partial charge >= 0.3 is 0 Å². The molecule has 158 valence electrons. The average Bonchev–Trinajstić information content (AvgIpc) is 3.43. The fourth-order valence-corrected chi connectivity index (χ4v) is 4.12. The lowest BCUT2D eigenvalue weighted by atomic mass is 10.0. The van der Waals surface area contributed by atoms with Crippen LogP contribution >= 0.6 is 0 Å². The summed E-state index contributed by atoms with van der Waals surface area (Å²) in [7, 11) is 1.67. The van der Waals surface area contributed by atoms with Crippen molar-refractivity contribution in [1.29, 1.82) is 0 Å². The minimum absolute atomic E-state index is 0.0804. The Kier molecular flexibility index (Phi) is 6.16. The molecule has 1 saturated heterocycles. The number of rotatable bonds is 7. The number of nitrogens with zero attached hydrogens (tertiary/aromatic N) is 4. The predicted molar refractivity (Wildman–Crippen MR) is 112 cm³/mol. The molecule has 7 nitrogen and oxygen atoms in total. The highest BCUT2D eigenvalue weighted by Gasteiger charge is 2.31. The number of aromatic nitrogens is 3. The Bertz CT molecular complexity index is 994. The van der Waals surface area contributed by atoms with Crippen LogP contribution in [0.2, 0.25) is 0 Å². The Morgan fingerprint density at radius 1 is 1.27 bits per heavy atom. The van der Waals surface area contributed by atoms with Crippen molar-refractivity contribution in [3.63, 3.8) is 0 Å². The van der Waals surface area contributed by atoms with Crippen molar-refractivity contribution in [3.05, 3.63) is 65.9 Å². The van der Waals surface area contributed by atoms with Gasteiger partial charge in [0, 0.05) is 37.3 Å². The molecule has 7 heteroatoms. The Labute approximate surface area is 176 Å². The summed E-state index contributed by atoms with van der Waals surface area (Å²) in [6, 6.07) is 7.77. The van der Waals surface area contributed by atoms with Gasteiger partial charge in [-0.1, -0.05) is 25.1 Å². The van der Waals surface area contributed by atoms with Crippen LogP contribution in [0.3, 0.4) is 0 Å². The van der Waals surface area contributed by atoms with Gasteiger partial charge < -0.3 is 18.6 Å². The summed E-state index contributed by atoms with van der Waals surface area (Å²) in [5.74, 6) is 3.23. The fourth-order valence-electron chi connectivity index (χ4n) is 4.12. The van der Waals surface area contributed by atoms with Crippen LogP contribution < -0.4 is 4.74 Å². The molecule has 0 radical (unpaired) electrons. The van der Waals surface area contributed by atoms with Gasteiger partial charge in [-0.2, -0.15) is 0 Å². The largest absolute Gasteiger partial charge is 0.496 e. The molecular weight excluding hydrogens is 380 g/mol. The van der Waals surface area contributed by atoms with Crippen molar-refractivity contribution in [2.24, 2.45) is 0 Å². The maximum Gasteiger partial charge on any atom is 0.243 e. The fraction of sp³-hybridized carbons (Fsp3) is 0.435. The van der Waals surface area contributed by atoms with Crippen LogP contribution in [-0.2, 0) is 24.2 Å².